The summed E-state index contributed by atoms with van der Waals surface area (Å²) in [6.45, 7) is -0.202. The highest BCUT2D eigenvalue weighted by atomic mass is 16.5. The third-order valence-corrected chi connectivity index (χ3v) is 4.90. The Morgan fingerprint density at radius 3 is 2.62 bits per heavy atom. The SMILES string of the molecule is COc1cc(/C=C(\C#N)c2nc3ccccc3c(=O)[nH]2)ccc1OCC(=O)Nc1ccccc1. The average Bonchev–Trinajstić information content (AvgIpc) is 2.87. The third kappa shape index (κ3) is 5.11. The van der Waals surface area contributed by atoms with E-state index in [9.17, 15) is 14.9 Å². The first-order chi connectivity index (χ1) is 16.6. The highest BCUT2D eigenvalue weighted by molar-refractivity contribution is 5.92. The number of carbonyl (C=O) groups excluding carboxylic acids is 1. The number of hydrogen-bond acceptors (Lipinski definition) is 6. The number of ether oxygens (including phenoxy) is 2. The average molecular weight is 452 g/mol. The van der Waals surface area contributed by atoms with Gasteiger partial charge in [-0.25, -0.2) is 4.98 Å². The molecule has 1 aromatic heterocycles. The molecule has 0 atom stereocenters. The van der Waals surface area contributed by atoms with Crippen LogP contribution >= 0.6 is 0 Å². The van der Waals surface area contributed by atoms with Gasteiger partial charge in [-0.1, -0.05) is 36.4 Å². The number of fused-ring (bicyclic) bond motifs is 1. The van der Waals surface area contributed by atoms with Crippen LogP contribution in [0.15, 0.2) is 77.6 Å². The number of para-hydroxylation sites is 2. The molecule has 0 bridgehead atoms. The number of methoxy groups -OCH3 is 1. The van der Waals surface area contributed by atoms with Crippen LogP contribution in [0.2, 0.25) is 0 Å². The van der Waals surface area contributed by atoms with Crippen molar-refractivity contribution in [2.45, 2.75) is 0 Å². The first-order valence-corrected chi connectivity index (χ1v) is 10.3. The van der Waals surface area contributed by atoms with Crippen molar-refractivity contribution in [1.29, 1.82) is 5.26 Å². The van der Waals surface area contributed by atoms with Gasteiger partial charge in [0.1, 0.15) is 6.07 Å². The normalized spacial score (nSPS) is 11.0. The summed E-state index contributed by atoms with van der Waals surface area (Å²) in [6, 6.07) is 23.1. The molecule has 3 aromatic carbocycles. The van der Waals surface area contributed by atoms with Gasteiger partial charge in [0, 0.05) is 5.69 Å². The number of anilines is 1. The molecule has 0 fully saturated rings. The monoisotopic (exact) mass is 452 g/mol. The first-order valence-electron chi connectivity index (χ1n) is 10.3. The number of benzene rings is 3. The number of carbonyl (C=O) groups is 1. The van der Waals surface area contributed by atoms with E-state index in [0.29, 0.717) is 33.7 Å². The highest BCUT2D eigenvalue weighted by Crippen LogP contribution is 2.29. The molecule has 8 heteroatoms. The fourth-order valence-electron chi connectivity index (χ4n) is 3.29. The highest BCUT2D eigenvalue weighted by Gasteiger charge is 2.11. The molecule has 0 spiro atoms. The Hall–Kier alpha value is -4.90. The number of H-pyrrole nitrogens is 1. The summed E-state index contributed by atoms with van der Waals surface area (Å²) < 4.78 is 11.0. The summed E-state index contributed by atoms with van der Waals surface area (Å²) in [5.74, 6) is 0.621. The molecule has 0 aliphatic rings. The molecule has 1 amide bonds. The minimum atomic E-state index is -0.322. The van der Waals surface area contributed by atoms with Gasteiger partial charge in [0.15, 0.2) is 23.9 Å². The van der Waals surface area contributed by atoms with Crippen LogP contribution in [0.1, 0.15) is 11.4 Å². The van der Waals surface area contributed by atoms with Crippen LogP contribution in [-0.2, 0) is 4.79 Å². The van der Waals surface area contributed by atoms with Crippen LogP contribution in [0.3, 0.4) is 0 Å². The van der Waals surface area contributed by atoms with E-state index in [4.69, 9.17) is 9.47 Å². The molecule has 0 radical (unpaired) electrons. The standard InChI is InChI=1S/C26H20N4O4/c1-33-23-14-17(11-12-22(23)34-16-24(31)28-19-7-3-2-4-8-19)13-18(15-27)25-29-21-10-6-5-9-20(21)26(32)30-25/h2-14H,16H2,1H3,(H,28,31)(H,29,30,32)/b18-13+. The lowest BCUT2D eigenvalue weighted by atomic mass is 10.1. The smallest absolute Gasteiger partial charge is 0.262 e. The summed E-state index contributed by atoms with van der Waals surface area (Å²) >= 11 is 0. The maximum absolute atomic E-state index is 12.4. The zero-order valence-corrected chi connectivity index (χ0v) is 18.2. The van der Waals surface area contributed by atoms with Crippen LogP contribution in [0.25, 0.3) is 22.6 Å². The van der Waals surface area contributed by atoms with Gasteiger partial charge in [0.2, 0.25) is 0 Å². The number of hydrogen-bond donors (Lipinski definition) is 2. The molecule has 8 nitrogen and oxygen atoms in total. The largest absolute Gasteiger partial charge is 0.493 e. The van der Waals surface area contributed by atoms with Crippen molar-refractivity contribution >= 4 is 34.1 Å². The van der Waals surface area contributed by atoms with E-state index in [1.54, 1.807) is 60.7 Å². The molecule has 0 unspecified atom stereocenters. The van der Waals surface area contributed by atoms with Crippen LogP contribution < -0.4 is 20.3 Å². The van der Waals surface area contributed by atoms with Crippen molar-refractivity contribution in [3.8, 4) is 17.6 Å². The maximum atomic E-state index is 12.4. The van der Waals surface area contributed by atoms with Crippen molar-refractivity contribution in [2.24, 2.45) is 0 Å². The van der Waals surface area contributed by atoms with Gasteiger partial charge in [-0.2, -0.15) is 5.26 Å². The van der Waals surface area contributed by atoms with E-state index in [-0.39, 0.29) is 29.5 Å². The summed E-state index contributed by atoms with van der Waals surface area (Å²) in [4.78, 5) is 31.6. The van der Waals surface area contributed by atoms with E-state index in [1.165, 1.54) is 7.11 Å². The number of allylic oxidation sites excluding steroid dienone is 1. The number of amides is 1. The van der Waals surface area contributed by atoms with Crippen LogP contribution in [0.4, 0.5) is 5.69 Å². The third-order valence-electron chi connectivity index (χ3n) is 4.90. The van der Waals surface area contributed by atoms with Gasteiger partial charge in [0.05, 0.1) is 23.6 Å². The molecule has 4 rings (SSSR count). The molecule has 168 valence electrons. The Labute approximate surface area is 195 Å². The fraction of sp³-hybridized carbons (Fsp3) is 0.0769. The topological polar surface area (TPSA) is 117 Å². The number of nitriles is 1. The second-order valence-electron chi connectivity index (χ2n) is 7.21. The number of aromatic nitrogens is 2. The zero-order chi connectivity index (χ0) is 23.9. The van der Waals surface area contributed by atoms with Crippen molar-refractivity contribution in [1.82, 2.24) is 9.97 Å². The quantitative estimate of drug-likeness (QED) is 0.409. The Morgan fingerprint density at radius 1 is 1.09 bits per heavy atom. The molecule has 1 heterocycles. The number of nitrogens with zero attached hydrogens (tertiary/aromatic N) is 2. The van der Waals surface area contributed by atoms with Gasteiger partial charge >= 0.3 is 0 Å². The summed E-state index contributed by atoms with van der Waals surface area (Å²) in [5, 5.41) is 12.9. The fourth-order valence-corrected chi connectivity index (χ4v) is 3.29. The van der Waals surface area contributed by atoms with E-state index in [2.05, 4.69) is 21.4 Å². The Bertz CT molecular complexity index is 1470. The van der Waals surface area contributed by atoms with Gasteiger partial charge in [-0.05, 0) is 48.0 Å². The second-order valence-corrected chi connectivity index (χ2v) is 7.21. The van der Waals surface area contributed by atoms with Gasteiger partial charge < -0.3 is 19.8 Å². The predicted octanol–water partition coefficient (Wildman–Crippen LogP) is 4.01. The summed E-state index contributed by atoms with van der Waals surface area (Å²) in [7, 11) is 1.48. The zero-order valence-electron chi connectivity index (χ0n) is 18.2. The van der Waals surface area contributed by atoms with E-state index in [1.807, 2.05) is 18.2 Å². The molecular weight excluding hydrogens is 432 g/mol. The van der Waals surface area contributed by atoms with E-state index < -0.39 is 0 Å². The minimum Gasteiger partial charge on any atom is -0.493 e. The van der Waals surface area contributed by atoms with Crippen molar-refractivity contribution in [3.05, 3.63) is 94.5 Å². The second kappa shape index (κ2) is 10.1. The molecule has 4 aromatic rings. The van der Waals surface area contributed by atoms with Crippen molar-refractivity contribution < 1.29 is 14.3 Å². The lowest BCUT2D eigenvalue weighted by Crippen LogP contribution is -2.20. The molecule has 2 N–H and O–H groups in total. The van der Waals surface area contributed by atoms with Gasteiger partial charge in [-0.3, -0.25) is 9.59 Å². The van der Waals surface area contributed by atoms with E-state index in [0.717, 1.165) is 0 Å². The van der Waals surface area contributed by atoms with E-state index >= 15 is 0 Å². The molecular formula is C26H20N4O4. The molecule has 0 aliphatic carbocycles. The molecule has 0 saturated heterocycles. The summed E-state index contributed by atoms with van der Waals surface area (Å²) in [6.07, 6.45) is 1.58. The summed E-state index contributed by atoms with van der Waals surface area (Å²) in [5.41, 5.74) is 1.66. The molecule has 34 heavy (non-hydrogen) atoms. The number of aromatic amines is 1. The van der Waals surface area contributed by atoms with Crippen LogP contribution in [0.5, 0.6) is 11.5 Å². The van der Waals surface area contributed by atoms with Crippen LogP contribution in [-0.4, -0.2) is 29.6 Å². The number of nitrogens with one attached hydrogen (secondary N) is 2. The van der Waals surface area contributed by atoms with Gasteiger partial charge in [-0.15, -0.1) is 0 Å². The predicted molar refractivity (Wildman–Crippen MR) is 129 cm³/mol. The van der Waals surface area contributed by atoms with Crippen molar-refractivity contribution in [2.75, 3.05) is 19.0 Å². The lowest BCUT2D eigenvalue weighted by Gasteiger charge is -2.12. The maximum Gasteiger partial charge on any atom is 0.262 e. The number of rotatable bonds is 7. The Balaban J connectivity index is 1.54. The Morgan fingerprint density at radius 2 is 1.85 bits per heavy atom. The van der Waals surface area contributed by atoms with Gasteiger partial charge in [0.25, 0.3) is 11.5 Å². The first kappa shape index (κ1) is 22.3. The van der Waals surface area contributed by atoms with Crippen molar-refractivity contribution in [3.63, 3.8) is 0 Å². The minimum absolute atomic E-state index is 0.170. The lowest BCUT2D eigenvalue weighted by molar-refractivity contribution is -0.118. The molecule has 0 saturated carbocycles. The molecule has 0 aliphatic heterocycles. The Kier molecular flexibility index (Phi) is 6.65. The van der Waals surface area contributed by atoms with Crippen LogP contribution in [0, 0.1) is 11.3 Å².